The third-order valence-corrected chi connectivity index (χ3v) is 4.00. The van der Waals surface area contributed by atoms with E-state index in [-0.39, 0.29) is 5.82 Å². The van der Waals surface area contributed by atoms with Gasteiger partial charge in [-0.15, -0.1) is 0 Å². The minimum atomic E-state index is -0.519. The van der Waals surface area contributed by atoms with E-state index in [2.05, 4.69) is 10.1 Å². The van der Waals surface area contributed by atoms with Gasteiger partial charge in [-0.25, -0.2) is 4.39 Å². The summed E-state index contributed by atoms with van der Waals surface area (Å²) in [5.74, 6) is 0.532. The first-order valence-corrected chi connectivity index (χ1v) is 6.52. The van der Waals surface area contributed by atoms with Crippen molar-refractivity contribution in [2.75, 3.05) is 0 Å². The zero-order chi connectivity index (χ0) is 15.1. The van der Waals surface area contributed by atoms with Crippen LogP contribution in [-0.4, -0.2) is 15.7 Å². The maximum atomic E-state index is 13.6. The summed E-state index contributed by atoms with van der Waals surface area (Å²) in [5.41, 5.74) is 6.32. The lowest BCUT2D eigenvalue weighted by Gasteiger charge is -2.34. The highest BCUT2D eigenvalue weighted by molar-refractivity contribution is 5.55. The van der Waals surface area contributed by atoms with E-state index in [4.69, 9.17) is 10.3 Å². The summed E-state index contributed by atoms with van der Waals surface area (Å²) < 4.78 is 18.9. The van der Waals surface area contributed by atoms with Gasteiger partial charge < -0.3 is 10.3 Å². The largest absolute Gasteiger partial charge is 0.338 e. The lowest BCUT2D eigenvalue weighted by molar-refractivity contribution is 0.223. The summed E-state index contributed by atoms with van der Waals surface area (Å²) in [4.78, 5) is 4.36. The first-order valence-electron chi connectivity index (χ1n) is 6.52. The third kappa shape index (κ3) is 2.45. The lowest BCUT2D eigenvalue weighted by atomic mass is 9.75. The standard InChI is InChI=1S/C15H20FN3O/c1-9-6-7-10(8-11(9)16)12-18-13(20-19-12)14(2,3)15(4,5)17/h6-8H,17H2,1-5H3. The molecule has 4 nitrogen and oxygen atoms in total. The molecule has 1 heterocycles. The highest BCUT2D eigenvalue weighted by atomic mass is 19.1. The molecule has 2 N–H and O–H groups in total. The fraction of sp³-hybridized carbons (Fsp3) is 0.467. The second-order valence-electron chi connectivity index (χ2n) is 6.23. The number of hydrogen-bond acceptors (Lipinski definition) is 4. The van der Waals surface area contributed by atoms with Crippen LogP contribution in [0.3, 0.4) is 0 Å². The Morgan fingerprint density at radius 1 is 1.20 bits per heavy atom. The van der Waals surface area contributed by atoms with E-state index in [0.717, 1.165) is 0 Å². The summed E-state index contributed by atoms with van der Waals surface area (Å²) >= 11 is 0. The van der Waals surface area contributed by atoms with Gasteiger partial charge in [0.05, 0.1) is 5.41 Å². The first-order chi connectivity index (χ1) is 9.13. The van der Waals surface area contributed by atoms with E-state index in [1.807, 2.05) is 27.7 Å². The number of nitrogens with zero attached hydrogens (tertiary/aromatic N) is 2. The van der Waals surface area contributed by atoms with Crippen LogP contribution in [0.1, 0.15) is 39.1 Å². The molecule has 2 rings (SSSR count). The Hall–Kier alpha value is -1.75. The van der Waals surface area contributed by atoms with Gasteiger partial charge in [0.25, 0.3) is 0 Å². The zero-order valence-electron chi connectivity index (χ0n) is 12.5. The van der Waals surface area contributed by atoms with Gasteiger partial charge in [0.2, 0.25) is 11.7 Å². The number of aryl methyl sites for hydroxylation is 1. The van der Waals surface area contributed by atoms with Crippen LogP contribution < -0.4 is 5.73 Å². The van der Waals surface area contributed by atoms with Crippen LogP contribution in [0.4, 0.5) is 4.39 Å². The van der Waals surface area contributed by atoms with Crippen LogP contribution in [0.15, 0.2) is 22.7 Å². The van der Waals surface area contributed by atoms with Crippen molar-refractivity contribution < 1.29 is 8.91 Å². The Kier molecular flexibility index (Phi) is 3.42. The number of halogens is 1. The van der Waals surface area contributed by atoms with Gasteiger partial charge in [-0.1, -0.05) is 17.3 Å². The molecule has 2 aromatic rings. The van der Waals surface area contributed by atoms with Crippen LogP contribution in [0.5, 0.6) is 0 Å². The molecule has 0 saturated carbocycles. The molecule has 0 atom stereocenters. The van der Waals surface area contributed by atoms with Gasteiger partial charge in [-0.2, -0.15) is 4.98 Å². The van der Waals surface area contributed by atoms with Crippen LogP contribution in [0, 0.1) is 12.7 Å². The van der Waals surface area contributed by atoms with Crippen molar-refractivity contribution in [2.45, 2.75) is 45.6 Å². The van der Waals surface area contributed by atoms with Gasteiger partial charge >= 0.3 is 0 Å². The molecule has 0 bridgehead atoms. The third-order valence-electron chi connectivity index (χ3n) is 4.00. The van der Waals surface area contributed by atoms with E-state index in [9.17, 15) is 4.39 Å². The molecule has 0 amide bonds. The summed E-state index contributed by atoms with van der Waals surface area (Å²) in [7, 11) is 0. The fourth-order valence-corrected chi connectivity index (χ4v) is 1.60. The maximum absolute atomic E-state index is 13.6. The van der Waals surface area contributed by atoms with Gasteiger partial charge in [-0.05, 0) is 46.2 Å². The molecule has 0 saturated heterocycles. The van der Waals surface area contributed by atoms with E-state index in [1.165, 1.54) is 6.07 Å². The molecule has 0 spiro atoms. The molecule has 0 aliphatic heterocycles. The maximum Gasteiger partial charge on any atom is 0.234 e. The number of nitrogens with two attached hydrogens (primary N) is 1. The molecule has 0 aliphatic rings. The summed E-state index contributed by atoms with van der Waals surface area (Å²) in [6.45, 7) is 9.41. The molecular formula is C15H20FN3O. The number of rotatable bonds is 3. The molecule has 1 aromatic carbocycles. The van der Waals surface area contributed by atoms with Crippen molar-refractivity contribution in [1.29, 1.82) is 0 Å². The van der Waals surface area contributed by atoms with Crippen LogP contribution in [0.2, 0.25) is 0 Å². The average Bonchev–Trinajstić information content (AvgIpc) is 2.81. The fourth-order valence-electron chi connectivity index (χ4n) is 1.60. The molecule has 5 heteroatoms. The molecule has 0 aliphatic carbocycles. The average molecular weight is 277 g/mol. The van der Waals surface area contributed by atoms with E-state index < -0.39 is 11.0 Å². The van der Waals surface area contributed by atoms with Crippen molar-refractivity contribution in [3.8, 4) is 11.4 Å². The van der Waals surface area contributed by atoms with Crippen molar-refractivity contribution >= 4 is 0 Å². The number of hydrogen-bond donors (Lipinski definition) is 1. The molecular weight excluding hydrogens is 257 g/mol. The topological polar surface area (TPSA) is 64.9 Å². The molecule has 20 heavy (non-hydrogen) atoms. The smallest absolute Gasteiger partial charge is 0.234 e. The Labute approximate surface area is 118 Å². The van der Waals surface area contributed by atoms with Crippen molar-refractivity contribution in [3.05, 3.63) is 35.5 Å². The second kappa shape index (κ2) is 4.66. The van der Waals surface area contributed by atoms with Crippen LogP contribution >= 0.6 is 0 Å². The second-order valence-corrected chi connectivity index (χ2v) is 6.23. The Morgan fingerprint density at radius 2 is 1.85 bits per heavy atom. The summed E-state index contributed by atoms with van der Waals surface area (Å²) in [6.07, 6.45) is 0. The number of benzene rings is 1. The minimum absolute atomic E-state index is 0.285. The summed E-state index contributed by atoms with van der Waals surface area (Å²) in [5, 5.41) is 3.93. The van der Waals surface area contributed by atoms with Crippen molar-refractivity contribution in [2.24, 2.45) is 5.73 Å². The predicted octanol–water partition coefficient (Wildman–Crippen LogP) is 3.20. The van der Waals surface area contributed by atoms with Gasteiger partial charge in [0.1, 0.15) is 5.82 Å². The van der Waals surface area contributed by atoms with Crippen molar-refractivity contribution in [3.63, 3.8) is 0 Å². The molecule has 108 valence electrons. The van der Waals surface area contributed by atoms with E-state index >= 15 is 0 Å². The molecule has 0 unspecified atom stereocenters. The number of aromatic nitrogens is 2. The zero-order valence-corrected chi connectivity index (χ0v) is 12.5. The molecule has 0 radical (unpaired) electrons. The molecule has 0 fully saturated rings. The predicted molar refractivity (Wildman–Crippen MR) is 75.7 cm³/mol. The van der Waals surface area contributed by atoms with Gasteiger partial charge in [0.15, 0.2) is 0 Å². The van der Waals surface area contributed by atoms with E-state index in [0.29, 0.717) is 22.8 Å². The minimum Gasteiger partial charge on any atom is -0.338 e. The SMILES string of the molecule is Cc1ccc(-c2noc(C(C)(C)C(C)(C)N)n2)cc1F. The van der Waals surface area contributed by atoms with Crippen molar-refractivity contribution in [1.82, 2.24) is 10.1 Å². The lowest BCUT2D eigenvalue weighted by Crippen LogP contribution is -2.50. The normalized spacial score (nSPS) is 12.8. The highest BCUT2D eigenvalue weighted by Gasteiger charge is 2.40. The Balaban J connectivity index is 2.41. The van der Waals surface area contributed by atoms with Crippen LogP contribution in [0.25, 0.3) is 11.4 Å². The van der Waals surface area contributed by atoms with Crippen LogP contribution in [-0.2, 0) is 5.41 Å². The van der Waals surface area contributed by atoms with Gasteiger partial charge in [0, 0.05) is 11.1 Å². The van der Waals surface area contributed by atoms with Gasteiger partial charge in [-0.3, -0.25) is 0 Å². The highest BCUT2D eigenvalue weighted by Crippen LogP contribution is 2.33. The first kappa shape index (κ1) is 14.7. The quantitative estimate of drug-likeness (QED) is 0.935. The monoisotopic (exact) mass is 277 g/mol. The summed E-state index contributed by atoms with van der Waals surface area (Å²) in [6, 6.07) is 4.87. The Morgan fingerprint density at radius 3 is 2.40 bits per heavy atom. The molecule has 1 aromatic heterocycles. The Bertz CT molecular complexity index is 626. The van der Waals surface area contributed by atoms with E-state index in [1.54, 1.807) is 19.1 Å².